The van der Waals surface area contributed by atoms with E-state index < -0.39 is 19.7 Å². The van der Waals surface area contributed by atoms with E-state index in [4.69, 9.17) is 0 Å². The Morgan fingerprint density at radius 2 is 1.77 bits per heavy atom. The van der Waals surface area contributed by atoms with Crippen molar-refractivity contribution in [2.75, 3.05) is 11.1 Å². The highest BCUT2D eigenvalue weighted by Crippen LogP contribution is 2.42. The Kier molecular flexibility index (Phi) is 6.89. The number of hydrogen-bond acceptors (Lipinski definition) is 7. The molecular formula is C22H32N2O4S3. The molecule has 0 spiro atoms. The molecule has 31 heavy (non-hydrogen) atoms. The molecule has 1 N–H and O–H groups in total. The van der Waals surface area contributed by atoms with Gasteiger partial charge in [-0.3, -0.25) is 0 Å². The van der Waals surface area contributed by atoms with Gasteiger partial charge in [0.05, 0.1) is 10.6 Å². The van der Waals surface area contributed by atoms with Gasteiger partial charge in [0.25, 0.3) is 0 Å². The fraction of sp³-hybridized carbons (Fsp3) is 0.591. The number of aryl methyl sites for hydroxylation is 1. The second-order valence-electron chi connectivity index (χ2n) is 9.50. The van der Waals surface area contributed by atoms with E-state index in [2.05, 4.69) is 31.1 Å². The van der Waals surface area contributed by atoms with Crippen LogP contribution in [0.3, 0.4) is 0 Å². The van der Waals surface area contributed by atoms with Crippen LogP contribution < -0.4 is 5.32 Å². The van der Waals surface area contributed by atoms with Crippen LogP contribution in [0.2, 0.25) is 0 Å². The Balaban J connectivity index is 2.07. The summed E-state index contributed by atoms with van der Waals surface area (Å²) in [7, 11) is -7.59. The molecule has 1 aromatic heterocycles. The van der Waals surface area contributed by atoms with Crippen LogP contribution in [0.5, 0.6) is 0 Å². The van der Waals surface area contributed by atoms with Gasteiger partial charge in [-0.15, -0.1) is 0 Å². The van der Waals surface area contributed by atoms with Crippen LogP contribution in [0.4, 0.5) is 5.00 Å². The van der Waals surface area contributed by atoms with Gasteiger partial charge in [-0.1, -0.05) is 56.7 Å². The predicted molar refractivity (Wildman–Crippen MR) is 125 cm³/mol. The molecule has 9 heteroatoms. The van der Waals surface area contributed by atoms with Crippen molar-refractivity contribution in [2.24, 2.45) is 11.3 Å². The molecule has 1 heterocycles. The first-order valence-electron chi connectivity index (χ1n) is 10.7. The maximum Gasteiger partial charge on any atom is 0.226 e. The van der Waals surface area contributed by atoms with Gasteiger partial charge in [0.1, 0.15) is 5.00 Å². The van der Waals surface area contributed by atoms with Crippen LogP contribution in [0, 0.1) is 18.3 Å². The fourth-order valence-corrected chi connectivity index (χ4v) is 8.94. The SMILES string of the molecule is CCCS(=O)(=O)c1nc(S(=O)(=O)c2ccc(C)cc2)c(N[C@@H]2C[C@@H](C)CC(C)(C)C2)s1. The lowest BCUT2D eigenvalue weighted by atomic mass is 9.71. The van der Waals surface area contributed by atoms with Crippen LogP contribution in [0.15, 0.2) is 38.5 Å². The average Bonchev–Trinajstić information content (AvgIpc) is 3.06. The minimum absolute atomic E-state index is 0.0581. The second kappa shape index (κ2) is 8.83. The average molecular weight is 485 g/mol. The number of thiazole rings is 1. The van der Waals surface area contributed by atoms with Gasteiger partial charge in [-0.05, 0) is 56.1 Å². The minimum Gasteiger partial charge on any atom is -0.372 e. The monoisotopic (exact) mass is 484 g/mol. The number of anilines is 1. The van der Waals surface area contributed by atoms with Gasteiger partial charge < -0.3 is 5.32 Å². The molecule has 3 rings (SSSR count). The number of nitrogens with one attached hydrogen (secondary N) is 1. The molecule has 0 aliphatic heterocycles. The first-order chi connectivity index (χ1) is 14.3. The topological polar surface area (TPSA) is 93.2 Å². The van der Waals surface area contributed by atoms with Gasteiger partial charge >= 0.3 is 0 Å². The Morgan fingerprint density at radius 3 is 2.35 bits per heavy atom. The van der Waals surface area contributed by atoms with Crippen LogP contribution >= 0.6 is 11.3 Å². The highest BCUT2D eigenvalue weighted by atomic mass is 32.2. The summed E-state index contributed by atoms with van der Waals surface area (Å²) in [6, 6.07) is 6.60. The minimum atomic E-state index is -3.96. The van der Waals surface area contributed by atoms with E-state index in [0.29, 0.717) is 17.3 Å². The smallest absolute Gasteiger partial charge is 0.226 e. The highest BCUT2D eigenvalue weighted by molar-refractivity contribution is 7.94. The zero-order chi connectivity index (χ0) is 23.0. The number of sulfone groups is 2. The second-order valence-corrected chi connectivity index (χ2v) is 14.7. The van der Waals surface area contributed by atoms with E-state index in [-0.39, 0.29) is 31.5 Å². The van der Waals surface area contributed by atoms with Crippen LogP contribution in [0.1, 0.15) is 58.9 Å². The molecule has 0 radical (unpaired) electrons. The Bertz CT molecular complexity index is 1130. The molecule has 0 unspecified atom stereocenters. The molecule has 1 fully saturated rings. The molecule has 0 amide bonds. The van der Waals surface area contributed by atoms with Crippen LogP contribution in [-0.2, 0) is 19.7 Å². The van der Waals surface area contributed by atoms with Crippen LogP contribution in [-0.4, -0.2) is 33.6 Å². The molecule has 0 saturated heterocycles. The zero-order valence-electron chi connectivity index (χ0n) is 18.8. The summed E-state index contributed by atoms with van der Waals surface area (Å²) in [6.07, 6.45) is 3.34. The Hall–Kier alpha value is -1.45. The summed E-state index contributed by atoms with van der Waals surface area (Å²) >= 11 is 0.937. The quantitative estimate of drug-likeness (QED) is 0.588. The van der Waals surface area contributed by atoms with E-state index in [1.807, 2.05) is 6.92 Å². The van der Waals surface area contributed by atoms with Crippen molar-refractivity contribution >= 4 is 36.0 Å². The molecule has 2 atom stereocenters. The predicted octanol–water partition coefficient (Wildman–Crippen LogP) is 5.09. The van der Waals surface area contributed by atoms with Crippen molar-refractivity contribution in [3.05, 3.63) is 29.8 Å². The van der Waals surface area contributed by atoms with Crippen molar-refractivity contribution in [3.63, 3.8) is 0 Å². The maximum atomic E-state index is 13.4. The van der Waals surface area contributed by atoms with Gasteiger partial charge in [0.2, 0.25) is 24.0 Å². The van der Waals surface area contributed by atoms with E-state index in [1.54, 1.807) is 31.2 Å². The number of aromatic nitrogens is 1. The third-order valence-corrected chi connectivity index (χ3v) is 10.8. The lowest BCUT2D eigenvalue weighted by Crippen LogP contribution is -2.35. The summed E-state index contributed by atoms with van der Waals surface area (Å²) in [6.45, 7) is 10.3. The maximum absolute atomic E-state index is 13.4. The molecule has 6 nitrogen and oxygen atoms in total. The van der Waals surface area contributed by atoms with Gasteiger partial charge in [0.15, 0.2) is 5.03 Å². The normalized spacial score (nSPS) is 21.7. The summed E-state index contributed by atoms with van der Waals surface area (Å²) < 4.78 is 52.0. The van der Waals surface area contributed by atoms with E-state index in [9.17, 15) is 16.8 Å². The lowest BCUT2D eigenvalue weighted by molar-refractivity contribution is 0.178. The van der Waals surface area contributed by atoms with Gasteiger partial charge in [-0.2, -0.15) is 0 Å². The van der Waals surface area contributed by atoms with Crippen molar-refractivity contribution < 1.29 is 16.8 Å². The largest absolute Gasteiger partial charge is 0.372 e. The van der Waals surface area contributed by atoms with Crippen LogP contribution in [0.25, 0.3) is 0 Å². The molecule has 2 aromatic rings. The fourth-order valence-electron chi connectivity index (χ4n) is 4.52. The standard InChI is InChI=1S/C22H32N2O4S3/c1-6-11-30(25,26)21-24-20(31(27,28)18-9-7-15(2)8-10-18)19(29-21)23-17-12-16(3)13-22(4,5)14-17/h7-10,16-17,23H,6,11-14H2,1-5H3/t16-,17-/m1/s1. The number of hydrogen-bond donors (Lipinski definition) is 1. The highest BCUT2D eigenvalue weighted by Gasteiger charge is 2.35. The van der Waals surface area contributed by atoms with Crippen molar-refractivity contribution in [3.8, 4) is 0 Å². The van der Waals surface area contributed by atoms with Gasteiger partial charge in [0, 0.05) is 6.04 Å². The first-order valence-corrected chi connectivity index (χ1v) is 14.6. The van der Waals surface area contributed by atoms with Crippen molar-refractivity contribution in [1.29, 1.82) is 0 Å². The summed E-state index contributed by atoms with van der Waals surface area (Å²) in [4.78, 5) is 4.29. The first kappa shape index (κ1) is 24.2. The molecule has 1 aromatic carbocycles. The van der Waals surface area contributed by atoms with Crippen molar-refractivity contribution in [1.82, 2.24) is 4.98 Å². The third kappa shape index (κ3) is 5.49. The molecule has 1 aliphatic rings. The number of nitrogens with zero attached hydrogens (tertiary/aromatic N) is 1. The summed E-state index contributed by atoms with van der Waals surface area (Å²) in [5.41, 5.74) is 1.08. The number of benzene rings is 1. The van der Waals surface area contributed by atoms with Crippen molar-refractivity contribution in [2.45, 2.75) is 80.6 Å². The molecule has 1 aliphatic carbocycles. The molecule has 172 valence electrons. The Labute approximate surface area is 190 Å². The lowest BCUT2D eigenvalue weighted by Gasteiger charge is -2.39. The molecule has 1 saturated carbocycles. The molecular weight excluding hydrogens is 452 g/mol. The summed E-state index contributed by atoms with van der Waals surface area (Å²) in [5.74, 6) is 0.437. The van der Waals surface area contributed by atoms with E-state index in [1.165, 1.54) is 0 Å². The van der Waals surface area contributed by atoms with E-state index >= 15 is 0 Å². The summed E-state index contributed by atoms with van der Waals surface area (Å²) in [5, 5.41) is 3.51. The van der Waals surface area contributed by atoms with E-state index in [0.717, 1.165) is 36.2 Å². The Morgan fingerprint density at radius 1 is 1.13 bits per heavy atom. The third-order valence-electron chi connectivity index (χ3n) is 5.62. The van der Waals surface area contributed by atoms with Gasteiger partial charge in [-0.25, -0.2) is 21.8 Å². The zero-order valence-corrected chi connectivity index (χ0v) is 21.3. The number of rotatable bonds is 7. The molecule has 0 bridgehead atoms.